The maximum absolute atomic E-state index is 16.4. The van der Waals surface area contributed by atoms with Gasteiger partial charge in [0.1, 0.15) is 11.6 Å². The lowest BCUT2D eigenvalue weighted by Gasteiger charge is -2.11. The first-order chi connectivity index (χ1) is 17.6. The molecule has 0 heterocycles. The summed E-state index contributed by atoms with van der Waals surface area (Å²) in [6.07, 6.45) is -4.98. The zero-order chi connectivity index (χ0) is 26.6. The van der Waals surface area contributed by atoms with Gasteiger partial charge in [-0.2, -0.15) is 0 Å². The van der Waals surface area contributed by atoms with Crippen LogP contribution in [0.2, 0.25) is 0 Å². The highest BCUT2D eigenvalue weighted by atomic mass is 19.4. The standard InChI is InChI=1S/C28H10F4N4O/c1-13-4-6-15-17(8-13)23(21(11-33)35-2)19-10-20-24(22(12-34)36-3)18-9-14(37-28(30,31)32)5-7-16(18)26(20)27(29)25(15)19/h4-10H,1H3/b23-21+,24-22-. The molecule has 0 bridgehead atoms. The van der Waals surface area contributed by atoms with Crippen LogP contribution in [0.25, 0.3) is 43.1 Å². The maximum atomic E-state index is 16.4. The van der Waals surface area contributed by atoms with Crippen LogP contribution in [0.1, 0.15) is 27.8 Å². The second-order valence-corrected chi connectivity index (χ2v) is 8.23. The number of ether oxygens (including phenoxy) is 1. The molecule has 0 aromatic heterocycles. The number of rotatable bonds is 1. The Hall–Kier alpha value is -5.38. The minimum Gasteiger partial charge on any atom is -0.406 e. The number of benzene rings is 3. The van der Waals surface area contributed by atoms with Crippen molar-refractivity contribution in [3.63, 3.8) is 0 Å². The summed E-state index contributed by atoms with van der Waals surface area (Å²) in [6.45, 7) is 16.8. The number of aryl methyl sites for hydroxylation is 1. The molecule has 0 amide bonds. The first-order valence-electron chi connectivity index (χ1n) is 10.6. The molecule has 0 N–H and O–H groups in total. The summed E-state index contributed by atoms with van der Waals surface area (Å²) in [5, 5.41) is 19.3. The summed E-state index contributed by atoms with van der Waals surface area (Å²) in [4.78, 5) is 6.54. The molecule has 3 aromatic carbocycles. The van der Waals surface area contributed by atoms with Crippen molar-refractivity contribution >= 4 is 11.1 Å². The Kier molecular flexibility index (Phi) is 5.11. The molecule has 0 saturated carbocycles. The third-order valence-electron chi connectivity index (χ3n) is 6.19. The fourth-order valence-electron chi connectivity index (χ4n) is 4.87. The van der Waals surface area contributed by atoms with Crippen molar-refractivity contribution in [2.24, 2.45) is 0 Å². The highest BCUT2D eigenvalue weighted by Crippen LogP contribution is 2.55. The third-order valence-corrected chi connectivity index (χ3v) is 6.19. The van der Waals surface area contributed by atoms with Crippen LogP contribution in [0.4, 0.5) is 17.6 Å². The van der Waals surface area contributed by atoms with Crippen LogP contribution in [-0.2, 0) is 0 Å². The Balaban J connectivity index is 1.91. The van der Waals surface area contributed by atoms with Gasteiger partial charge in [0, 0.05) is 22.3 Å². The lowest BCUT2D eigenvalue weighted by Crippen LogP contribution is -2.17. The quantitative estimate of drug-likeness (QED) is 0.139. The van der Waals surface area contributed by atoms with Gasteiger partial charge in [0.15, 0.2) is 0 Å². The summed E-state index contributed by atoms with van der Waals surface area (Å²) < 4.78 is 59.0. The van der Waals surface area contributed by atoms with Crippen LogP contribution in [-0.4, -0.2) is 6.36 Å². The largest absolute Gasteiger partial charge is 0.573 e. The van der Waals surface area contributed by atoms with Crippen molar-refractivity contribution in [1.82, 2.24) is 0 Å². The number of hydrogen-bond donors (Lipinski definition) is 0. The van der Waals surface area contributed by atoms with E-state index in [4.69, 9.17) is 13.1 Å². The second-order valence-electron chi connectivity index (χ2n) is 8.23. The second kappa shape index (κ2) is 8.09. The van der Waals surface area contributed by atoms with E-state index in [1.165, 1.54) is 12.1 Å². The molecule has 2 aliphatic rings. The molecule has 9 heteroatoms. The van der Waals surface area contributed by atoms with Crippen molar-refractivity contribution in [2.45, 2.75) is 13.3 Å². The average molecular weight is 494 g/mol. The molecule has 5 nitrogen and oxygen atoms in total. The number of allylic oxidation sites excluding steroid dienone is 2. The molecule has 0 fully saturated rings. The minimum absolute atomic E-state index is 0.00723. The summed E-state index contributed by atoms with van der Waals surface area (Å²) in [7, 11) is 0. The predicted molar refractivity (Wildman–Crippen MR) is 125 cm³/mol. The van der Waals surface area contributed by atoms with Crippen molar-refractivity contribution in [2.75, 3.05) is 0 Å². The van der Waals surface area contributed by atoms with Crippen molar-refractivity contribution in [3.8, 4) is 40.1 Å². The molecule has 0 atom stereocenters. The van der Waals surface area contributed by atoms with Crippen LogP contribution >= 0.6 is 0 Å². The molecule has 0 spiro atoms. The van der Waals surface area contributed by atoms with Crippen LogP contribution in [0.5, 0.6) is 5.75 Å². The van der Waals surface area contributed by atoms with E-state index in [9.17, 15) is 23.7 Å². The molecule has 3 aromatic rings. The highest BCUT2D eigenvalue weighted by Gasteiger charge is 2.38. The van der Waals surface area contributed by atoms with E-state index < -0.39 is 23.6 Å². The third kappa shape index (κ3) is 3.42. The number of fused-ring (bicyclic) bond motifs is 6. The van der Waals surface area contributed by atoms with Crippen molar-refractivity contribution in [1.29, 1.82) is 10.5 Å². The predicted octanol–water partition coefficient (Wildman–Crippen LogP) is 7.40. The SMILES string of the molecule is [C-]#[N+]/C(C#N)=C1/c2cc(OC(F)(F)F)ccc2-c2c1cc1c(c2F)-c2ccc(C)cc2/C1=C(/C#N)[N+]#[C-]. The van der Waals surface area contributed by atoms with Gasteiger partial charge in [-0.25, -0.2) is 24.6 Å². The summed E-state index contributed by atoms with van der Waals surface area (Å²) in [5.74, 6) is -1.33. The molecule has 0 unspecified atom stereocenters. The van der Waals surface area contributed by atoms with Crippen LogP contribution < -0.4 is 4.74 Å². The van der Waals surface area contributed by atoms with E-state index in [1.54, 1.807) is 24.3 Å². The Morgan fingerprint density at radius 3 is 1.78 bits per heavy atom. The molecule has 0 radical (unpaired) electrons. The molecule has 0 aliphatic heterocycles. The van der Waals surface area contributed by atoms with Crippen LogP contribution in [0, 0.1) is 48.5 Å². The number of alkyl halides is 3. The van der Waals surface area contributed by atoms with Gasteiger partial charge in [0.05, 0.1) is 25.3 Å². The zero-order valence-electron chi connectivity index (χ0n) is 18.8. The van der Waals surface area contributed by atoms with Gasteiger partial charge < -0.3 is 4.74 Å². The molecular formula is C28H10F4N4O. The van der Waals surface area contributed by atoms with Crippen LogP contribution in [0.15, 0.2) is 53.9 Å². The fourth-order valence-corrected chi connectivity index (χ4v) is 4.87. The van der Waals surface area contributed by atoms with E-state index in [2.05, 4.69) is 14.4 Å². The first kappa shape index (κ1) is 23.4. The number of halogens is 4. The Labute approximate surface area is 208 Å². The molecule has 176 valence electrons. The van der Waals surface area contributed by atoms with Gasteiger partial charge in [-0.15, -0.1) is 13.2 Å². The number of hydrogen-bond acceptors (Lipinski definition) is 3. The average Bonchev–Trinajstić information content (AvgIpc) is 3.33. The molecule has 5 rings (SSSR count). The molecule has 0 saturated heterocycles. The smallest absolute Gasteiger partial charge is 0.406 e. The Morgan fingerprint density at radius 1 is 0.784 bits per heavy atom. The van der Waals surface area contributed by atoms with Gasteiger partial charge in [0.25, 0.3) is 11.4 Å². The van der Waals surface area contributed by atoms with E-state index in [-0.39, 0.29) is 50.2 Å². The topological polar surface area (TPSA) is 65.5 Å². The van der Waals surface area contributed by atoms with E-state index in [0.717, 1.165) is 17.7 Å². The van der Waals surface area contributed by atoms with Crippen molar-refractivity contribution in [3.05, 3.63) is 110 Å². The summed E-state index contributed by atoms with van der Waals surface area (Å²) >= 11 is 0. The molecule has 37 heavy (non-hydrogen) atoms. The monoisotopic (exact) mass is 494 g/mol. The lowest BCUT2D eigenvalue weighted by atomic mass is 9.94. The Bertz CT molecular complexity index is 1770. The highest BCUT2D eigenvalue weighted by molar-refractivity contribution is 6.11. The van der Waals surface area contributed by atoms with Crippen molar-refractivity contribution < 1.29 is 22.3 Å². The maximum Gasteiger partial charge on any atom is 0.573 e. The van der Waals surface area contributed by atoms with E-state index >= 15 is 4.39 Å². The number of nitrogens with zero attached hydrogens (tertiary/aromatic N) is 4. The lowest BCUT2D eigenvalue weighted by molar-refractivity contribution is -0.274. The van der Waals surface area contributed by atoms with Crippen LogP contribution in [0.3, 0.4) is 0 Å². The molecule has 2 aliphatic carbocycles. The summed E-state index contributed by atoms with van der Waals surface area (Å²) in [6, 6.07) is 13.5. The van der Waals surface area contributed by atoms with E-state index in [1.807, 2.05) is 13.0 Å². The fraction of sp³-hybridized carbons (Fsp3) is 0.0714. The summed E-state index contributed by atoms with van der Waals surface area (Å²) in [5.41, 5.74) is 1.90. The zero-order valence-corrected chi connectivity index (χ0v) is 18.8. The van der Waals surface area contributed by atoms with Gasteiger partial charge in [-0.05, 0) is 64.6 Å². The van der Waals surface area contributed by atoms with Gasteiger partial charge in [-0.3, -0.25) is 0 Å². The van der Waals surface area contributed by atoms with Gasteiger partial charge in [0.2, 0.25) is 0 Å². The van der Waals surface area contributed by atoms with Gasteiger partial charge >= 0.3 is 6.36 Å². The van der Waals surface area contributed by atoms with Gasteiger partial charge in [-0.1, -0.05) is 23.8 Å². The first-order valence-corrected chi connectivity index (χ1v) is 10.6. The van der Waals surface area contributed by atoms with E-state index in [0.29, 0.717) is 11.1 Å². The Morgan fingerprint density at radius 2 is 1.30 bits per heavy atom. The normalized spacial score (nSPS) is 15.2. The minimum atomic E-state index is -4.98. The number of nitriles is 2. The molecular weight excluding hydrogens is 484 g/mol.